The van der Waals surface area contributed by atoms with Crippen molar-refractivity contribution in [2.24, 2.45) is 16.7 Å². The third-order valence-corrected chi connectivity index (χ3v) is 5.85. The molecule has 3 unspecified atom stereocenters. The highest BCUT2D eigenvalue weighted by Gasteiger charge is 2.60. The van der Waals surface area contributed by atoms with Gasteiger partial charge in [-0.15, -0.1) is 12.4 Å². The number of halogens is 1. The highest BCUT2D eigenvalue weighted by molar-refractivity contribution is 5.85. The lowest BCUT2D eigenvalue weighted by molar-refractivity contribution is -0.150. The number of methoxy groups -OCH3 is 1. The second-order valence-corrected chi connectivity index (χ2v) is 7.48. The van der Waals surface area contributed by atoms with E-state index in [0.29, 0.717) is 18.6 Å². The number of hydrogen-bond acceptors (Lipinski definition) is 4. The lowest BCUT2D eigenvalue weighted by Gasteiger charge is -2.55. The van der Waals surface area contributed by atoms with E-state index >= 15 is 0 Å². The first-order valence-corrected chi connectivity index (χ1v) is 8.13. The Morgan fingerprint density at radius 1 is 1.36 bits per heavy atom. The zero-order valence-electron chi connectivity index (χ0n) is 13.8. The van der Waals surface area contributed by atoms with Crippen LogP contribution in [0.1, 0.15) is 33.1 Å². The van der Waals surface area contributed by atoms with Crippen LogP contribution in [0.3, 0.4) is 0 Å². The van der Waals surface area contributed by atoms with Gasteiger partial charge in [-0.05, 0) is 32.4 Å². The average molecular weight is 333 g/mol. The first kappa shape index (κ1) is 18.0. The van der Waals surface area contributed by atoms with E-state index in [1.807, 2.05) is 0 Å². The van der Waals surface area contributed by atoms with Crippen LogP contribution in [0, 0.1) is 16.7 Å². The van der Waals surface area contributed by atoms with E-state index in [2.05, 4.69) is 24.5 Å². The zero-order valence-corrected chi connectivity index (χ0v) is 14.6. The molecule has 2 saturated heterocycles. The van der Waals surface area contributed by atoms with Gasteiger partial charge in [0.25, 0.3) is 0 Å². The molecule has 1 amide bonds. The maximum atomic E-state index is 12.9. The van der Waals surface area contributed by atoms with Gasteiger partial charge in [-0.2, -0.15) is 0 Å². The molecule has 2 heterocycles. The summed E-state index contributed by atoms with van der Waals surface area (Å²) in [4.78, 5) is 12.9. The molecule has 2 aliphatic heterocycles. The molecule has 2 N–H and O–H groups in total. The molecule has 3 fully saturated rings. The third-order valence-electron chi connectivity index (χ3n) is 5.85. The third kappa shape index (κ3) is 2.77. The monoisotopic (exact) mass is 332 g/mol. The number of hydrogen-bond donors (Lipinski definition) is 2. The summed E-state index contributed by atoms with van der Waals surface area (Å²) in [6, 6.07) is 0.237. The Labute approximate surface area is 139 Å². The molecular formula is C16H29ClN2O3. The maximum absolute atomic E-state index is 12.9. The maximum Gasteiger partial charge on any atom is 0.228 e. The highest BCUT2D eigenvalue weighted by atomic mass is 35.5. The van der Waals surface area contributed by atoms with E-state index in [1.54, 1.807) is 7.11 Å². The van der Waals surface area contributed by atoms with E-state index in [9.17, 15) is 4.79 Å². The van der Waals surface area contributed by atoms with Crippen molar-refractivity contribution >= 4 is 18.3 Å². The molecule has 22 heavy (non-hydrogen) atoms. The fourth-order valence-electron chi connectivity index (χ4n) is 4.53. The van der Waals surface area contributed by atoms with Crippen LogP contribution in [0.2, 0.25) is 0 Å². The topological polar surface area (TPSA) is 59.6 Å². The smallest absolute Gasteiger partial charge is 0.228 e. The van der Waals surface area contributed by atoms with Crippen LogP contribution in [0.15, 0.2) is 0 Å². The molecule has 3 rings (SSSR count). The van der Waals surface area contributed by atoms with Gasteiger partial charge in [-0.3, -0.25) is 4.79 Å². The van der Waals surface area contributed by atoms with E-state index in [0.717, 1.165) is 39.0 Å². The van der Waals surface area contributed by atoms with Gasteiger partial charge in [0.05, 0.1) is 18.1 Å². The van der Waals surface area contributed by atoms with Gasteiger partial charge < -0.3 is 20.1 Å². The lowest BCUT2D eigenvalue weighted by Crippen LogP contribution is -2.68. The number of piperidine rings is 1. The van der Waals surface area contributed by atoms with Crippen molar-refractivity contribution in [1.29, 1.82) is 0 Å². The minimum atomic E-state index is -0.360. The quantitative estimate of drug-likeness (QED) is 0.816. The molecule has 1 aliphatic carbocycles. The zero-order chi connectivity index (χ0) is 15.1. The van der Waals surface area contributed by atoms with Crippen LogP contribution in [-0.4, -0.2) is 51.5 Å². The summed E-state index contributed by atoms with van der Waals surface area (Å²) in [5.41, 5.74) is -0.321. The Bertz CT molecular complexity index is 405. The molecule has 3 atom stereocenters. The first-order valence-electron chi connectivity index (χ1n) is 8.13. The lowest BCUT2D eigenvalue weighted by atomic mass is 9.57. The van der Waals surface area contributed by atoms with Crippen molar-refractivity contribution in [3.63, 3.8) is 0 Å². The number of fused-ring (bicyclic) bond motifs is 1. The number of carbonyl (C=O) groups is 1. The Balaban J connectivity index is 0.00000176. The number of ether oxygens (including phenoxy) is 2. The average Bonchev–Trinajstić information content (AvgIpc) is 2.92. The van der Waals surface area contributed by atoms with E-state index in [4.69, 9.17) is 9.47 Å². The number of rotatable bonds is 4. The second-order valence-electron chi connectivity index (χ2n) is 7.48. The number of carbonyl (C=O) groups excluding carboxylic acids is 1. The van der Waals surface area contributed by atoms with Crippen LogP contribution in [-0.2, 0) is 14.3 Å². The Morgan fingerprint density at radius 2 is 2.05 bits per heavy atom. The summed E-state index contributed by atoms with van der Waals surface area (Å²) < 4.78 is 11.2. The first-order chi connectivity index (χ1) is 10.0. The molecule has 0 radical (unpaired) electrons. The summed E-state index contributed by atoms with van der Waals surface area (Å²) in [7, 11) is 1.69. The molecule has 0 bridgehead atoms. The largest absolute Gasteiger partial charge is 0.384 e. The Hall–Kier alpha value is -0.360. The number of amides is 1. The molecule has 0 aromatic heterocycles. The normalized spacial score (nSPS) is 35.0. The molecule has 6 heteroatoms. The summed E-state index contributed by atoms with van der Waals surface area (Å²) in [6.45, 7) is 7.53. The molecule has 128 valence electrons. The van der Waals surface area contributed by atoms with E-state index in [1.165, 1.54) is 0 Å². The predicted octanol–water partition coefficient (Wildman–Crippen LogP) is 1.35. The molecule has 3 aliphatic rings. The van der Waals surface area contributed by atoms with Gasteiger partial charge in [0.15, 0.2) is 0 Å². The van der Waals surface area contributed by atoms with E-state index < -0.39 is 0 Å². The van der Waals surface area contributed by atoms with Gasteiger partial charge >= 0.3 is 0 Å². The highest BCUT2D eigenvalue weighted by Crippen LogP contribution is 2.52. The molecule has 0 spiro atoms. The minimum Gasteiger partial charge on any atom is -0.384 e. The Morgan fingerprint density at radius 3 is 2.68 bits per heavy atom. The summed E-state index contributed by atoms with van der Waals surface area (Å²) >= 11 is 0. The predicted molar refractivity (Wildman–Crippen MR) is 87.2 cm³/mol. The second kappa shape index (κ2) is 6.63. The van der Waals surface area contributed by atoms with Gasteiger partial charge in [0, 0.05) is 31.1 Å². The Kier molecular flexibility index (Phi) is 5.42. The van der Waals surface area contributed by atoms with Crippen molar-refractivity contribution < 1.29 is 14.3 Å². The minimum absolute atomic E-state index is 0. The summed E-state index contributed by atoms with van der Waals surface area (Å²) in [5.74, 6) is 0.666. The molecule has 1 saturated carbocycles. The van der Waals surface area contributed by atoms with Crippen LogP contribution in [0.4, 0.5) is 0 Å². The van der Waals surface area contributed by atoms with Gasteiger partial charge in [-0.1, -0.05) is 13.8 Å². The molecule has 0 aromatic carbocycles. The van der Waals surface area contributed by atoms with E-state index in [-0.39, 0.29) is 35.2 Å². The van der Waals surface area contributed by atoms with Crippen LogP contribution >= 0.6 is 12.4 Å². The standard InChI is InChI=1S/C16H28N2O3.ClH/c1-15(2)12(11-4-9-21-13(11)15)18-14(19)16(10-20-3)5-7-17-8-6-16;/h11-13,17H,4-10H2,1-3H3,(H,18,19);1H. The van der Waals surface area contributed by atoms with Crippen LogP contribution in [0.5, 0.6) is 0 Å². The van der Waals surface area contributed by atoms with Gasteiger partial charge in [0.2, 0.25) is 5.91 Å². The van der Waals surface area contributed by atoms with Crippen molar-refractivity contribution in [2.45, 2.75) is 45.3 Å². The van der Waals surface area contributed by atoms with Crippen molar-refractivity contribution in [3.8, 4) is 0 Å². The van der Waals surface area contributed by atoms with Crippen molar-refractivity contribution in [1.82, 2.24) is 10.6 Å². The fourth-order valence-corrected chi connectivity index (χ4v) is 4.53. The van der Waals surface area contributed by atoms with Crippen molar-refractivity contribution in [3.05, 3.63) is 0 Å². The molecule has 0 aromatic rings. The fraction of sp³-hybridized carbons (Fsp3) is 0.938. The van der Waals surface area contributed by atoms with Crippen LogP contribution in [0.25, 0.3) is 0 Å². The summed E-state index contributed by atoms with van der Waals surface area (Å²) in [5, 5.41) is 6.68. The number of nitrogens with one attached hydrogen (secondary N) is 2. The van der Waals surface area contributed by atoms with Crippen LogP contribution < -0.4 is 10.6 Å². The van der Waals surface area contributed by atoms with Gasteiger partial charge in [0.1, 0.15) is 0 Å². The SMILES string of the molecule is COCC1(C(=O)NC2C3CCOC3C2(C)C)CCNCC1.Cl. The molecule has 5 nitrogen and oxygen atoms in total. The summed E-state index contributed by atoms with van der Waals surface area (Å²) in [6.07, 6.45) is 3.08. The molecular weight excluding hydrogens is 304 g/mol. The van der Waals surface area contributed by atoms with Gasteiger partial charge in [-0.25, -0.2) is 0 Å². The van der Waals surface area contributed by atoms with Crippen molar-refractivity contribution in [2.75, 3.05) is 33.4 Å².